The summed E-state index contributed by atoms with van der Waals surface area (Å²) in [6.07, 6.45) is 1.71. The van der Waals surface area contributed by atoms with Crippen LogP contribution in [-0.2, 0) is 17.9 Å². The van der Waals surface area contributed by atoms with Crippen LogP contribution in [0.2, 0.25) is 0 Å². The van der Waals surface area contributed by atoms with Gasteiger partial charge in [-0.1, -0.05) is 23.9 Å². The van der Waals surface area contributed by atoms with Gasteiger partial charge in [-0.25, -0.2) is 4.39 Å². The molecular weight excluding hydrogens is 407 g/mol. The maximum absolute atomic E-state index is 13.0. The van der Waals surface area contributed by atoms with Gasteiger partial charge < -0.3 is 14.8 Å². The highest BCUT2D eigenvalue weighted by molar-refractivity contribution is 7.99. The molecule has 0 aliphatic carbocycles. The van der Waals surface area contributed by atoms with E-state index in [2.05, 4.69) is 22.1 Å². The van der Waals surface area contributed by atoms with E-state index in [9.17, 15) is 9.18 Å². The summed E-state index contributed by atoms with van der Waals surface area (Å²) in [7, 11) is 1.57. The molecular formula is C21H21FN4O3S. The van der Waals surface area contributed by atoms with Gasteiger partial charge in [0.1, 0.15) is 23.9 Å². The number of thioether (sulfide) groups is 1. The molecule has 1 heterocycles. The number of allylic oxidation sites excluding steroid dienone is 1. The predicted molar refractivity (Wildman–Crippen MR) is 113 cm³/mol. The first-order chi connectivity index (χ1) is 14.6. The van der Waals surface area contributed by atoms with Gasteiger partial charge in [-0.15, -0.1) is 16.8 Å². The summed E-state index contributed by atoms with van der Waals surface area (Å²) in [5.41, 5.74) is 0.654. The SMILES string of the molecule is C=CCn1c(COc2ccc(F)cc2)nnc1SCC(=O)Nc1cccc(OC)c1. The Morgan fingerprint density at radius 3 is 2.77 bits per heavy atom. The number of halogens is 1. The lowest BCUT2D eigenvalue weighted by atomic mass is 10.3. The monoisotopic (exact) mass is 428 g/mol. The highest BCUT2D eigenvalue weighted by Gasteiger charge is 2.14. The molecule has 0 radical (unpaired) electrons. The Kier molecular flexibility index (Phi) is 7.45. The second-order valence-electron chi connectivity index (χ2n) is 6.11. The van der Waals surface area contributed by atoms with E-state index in [-0.39, 0.29) is 24.1 Å². The fourth-order valence-electron chi connectivity index (χ4n) is 2.55. The topological polar surface area (TPSA) is 78.3 Å². The normalized spacial score (nSPS) is 10.5. The van der Waals surface area contributed by atoms with Gasteiger partial charge in [0.25, 0.3) is 0 Å². The Balaban J connectivity index is 1.60. The number of ether oxygens (including phenoxy) is 2. The molecule has 7 nitrogen and oxygen atoms in total. The van der Waals surface area contributed by atoms with Crippen molar-refractivity contribution < 1.29 is 18.7 Å². The van der Waals surface area contributed by atoms with E-state index < -0.39 is 0 Å². The van der Waals surface area contributed by atoms with Crippen molar-refractivity contribution >= 4 is 23.4 Å². The maximum atomic E-state index is 13.0. The average Bonchev–Trinajstić information content (AvgIpc) is 3.14. The number of amides is 1. The van der Waals surface area contributed by atoms with Crippen molar-refractivity contribution in [2.75, 3.05) is 18.2 Å². The van der Waals surface area contributed by atoms with Crippen LogP contribution < -0.4 is 14.8 Å². The van der Waals surface area contributed by atoms with Crippen LogP contribution >= 0.6 is 11.8 Å². The Morgan fingerprint density at radius 1 is 1.23 bits per heavy atom. The average molecular weight is 428 g/mol. The molecule has 0 saturated heterocycles. The summed E-state index contributed by atoms with van der Waals surface area (Å²) in [6.45, 7) is 4.38. The first-order valence-corrected chi connectivity index (χ1v) is 10.1. The minimum absolute atomic E-state index is 0.156. The number of aromatic nitrogens is 3. The third-order valence-corrected chi connectivity index (χ3v) is 4.94. The van der Waals surface area contributed by atoms with Crippen LogP contribution in [0.1, 0.15) is 5.82 Å². The molecule has 1 amide bonds. The second-order valence-corrected chi connectivity index (χ2v) is 7.05. The standard InChI is InChI=1S/C21H21FN4O3S/c1-3-11-26-19(13-29-17-9-7-15(22)8-10-17)24-25-21(26)30-14-20(27)23-16-5-4-6-18(12-16)28-2/h3-10,12H,1,11,13-14H2,2H3,(H,23,27). The molecule has 3 rings (SSSR count). The Hall–Kier alpha value is -3.33. The van der Waals surface area contributed by atoms with Crippen molar-refractivity contribution in [2.24, 2.45) is 0 Å². The van der Waals surface area contributed by atoms with E-state index in [1.165, 1.54) is 23.9 Å². The first-order valence-electron chi connectivity index (χ1n) is 9.07. The molecule has 156 valence electrons. The van der Waals surface area contributed by atoms with Crippen LogP contribution in [0, 0.1) is 5.82 Å². The summed E-state index contributed by atoms with van der Waals surface area (Å²) in [6, 6.07) is 12.9. The van der Waals surface area contributed by atoms with Gasteiger partial charge in [0, 0.05) is 18.3 Å². The van der Waals surface area contributed by atoms with Crippen LogP contribution in [0.4, 0.5) is 10.1 Å². The number of hydrogen-bond acceptors (Lipinski definition) is 6. The van der Waals surface area contributed by atoms with Crippen molar-refractivity contribution in [1.82, 2.24) is 14.8 Å². The smallest absolute Gasteiger partial charge is 0.234 e. The number of benzene rings is 2. The van der Waals surface area contributed by atoms with Gasteiger partial charge in [0.05, 0.1) is 12.9 Å². The lowest BCUT2D eigenvalue weighted by Crippen LogP contribution is -2.15. The van der Waals surface area contributed by atoms with Crippen molar-refractivity contribution in [3.63, 3.8) is 0 Å². The molecule has 2 aromatic carbocycles. The molecule has 1 aromatic heterocycles. The van der Waals surface area contributed by atoms with Gasteiger partial charge in [-0.05, 0) is 36.4 Å². The first kappa shape index (κ1) is 21.4. The molecule has 0 fully saturated rings. The molecule has 9 heteroatoms. The van der Waals surface area contributed by atoms with E-state index in [0.717, 1.165) is 0 Å². The minimum Gasteiger partial charge on any atom is -0.497 e. The molecule has 0 aliphatic heterocycles. The van der Waals surface area contributed by atoms with Crippen LogP contribution in [0.5, 0.6) is 11.5 Å². The lowest BCUT2D eigenvalue weighted by Gasteiger charge is -2.09. The molecule has 0 unspecified atom stereocenters. The van der Waals surface area contributed by atoms with E-state index >= 15 is 0 Å². The summed E-state index contributed by atoms with van der Waals surface area (Å²) >= 11 is 1.26. The number of carbonyl (C=O) groups excluding carboxylic acids is 1. The van der Waals surface area contributed by atoms with Crippen molar-refractivity contribution in [2.45, 2.75) is 18.3 Å². The number of nitrogens with zero attached hydrogens (tertiary/aromatic N) is 3. The minimum atomic E-state index is -0.330. The second kappa shape index (κ2) is 10.4. The van der Waals surface area contributed by atoms with Crippen molar-refractivity contribution in [3.8, 4) is 11.5 Å². The van der Waals surface area contributed by atoms with Gasteiger partial charge in [-0.3, -0.25) is 9.36 Å². The van der Waals surface area contributed by atoms with E-state index in [1.54, 1.807) is 49.6 Å². The van der Waals surface area contributed by atoms with E-state index in [0.29, 0.717) is 34.7 Å². The van der Waals surface area contributed by atoms with Gasteiger partial charge >= 0.3 is 0 Å². The molecule has 1 N–H and O–H groups in total. The third-order valence-electron chi connectivity index (χ3n) is 3.97. The number of methoxy groups -OCH3 is 1. The van der Waals surface area contributed by atoms with Crippen LogP contribution in [0.3, 0.4) is 0 Å². The Bertz CT molecular complexity index is 1010. The highest BCUT2D eigenvalue weighted by Crippen LogP contribution is 2.21. The molecule has 0 atom stereocenters. The Morgan fingerprint density at radius 2 is 2.03 bits per heavy atom. The number of nitrogens with one attached hydrogen (secondary N) is 1. The highest BCUT2D eigenvalue weighted by atomic mass is 32.2. The summed E-state index contributed by atoms with van der Waals surface area (Å²) in [4.78, 5) is 12.3. The largest absolute Gasteiger partial charge is 0.497 e. The summed E-state index contributed by atoms with van der Waals surface area (Å²) < 4.78 is 25.6. The van der Waals surface area contributed by atoms with Crippen LogP contribution in [-0.4, -0.2) is 33.5 Å². The number of rotatable bonds is 10. The van der Waals surface area contributed by atoms with Crippen molar-refractivity contribution in [3.05, 3.63) is 72.8 Å². The predicted octanol–water partition coefficient (Wildman–Crippen LogP) is 3.92. The molecule has 0 spiro atoms. The van der Waals surface area contributed by atoms with Gasteiger partial charge in [0.2, 0.25) is 5.91 Å². The lowest BCUT2D eigenvalue weighted by molar-refractivity contribution is -0.113. The van der Waals surface area contributed by atoms with E-state index in [4.69, 9.17) is 9.47 Å². The van der Waals surface area contributed by atoms with Gasteiger partial charge in [-0.2, -0.15) is 0 Å². The fraction of sp³-hybridized carbons (Fsp3) is 0.190. The maximum Gasteiger partial charge on any atom is 0.234 e. The van der Waals surface area contributed by atoms with Crippen LogP contribution in [0.25, 0.3) is 0 Å². The van der Waals surface area contributed by atoms with Crippen molar-refractivity contribution in [1.29, 1.82) is 0 Å². The number of hydrogen-bond donors (Lipinski definition) is 1. The van der Waals surface area contributed by atoms with Crippen LogP contribution in [0.15, 0.2) is 66.3 Å². The zero-order valence-corrected chi connectivity index (χ0v) is 17.2. The summed E-state index contributed by atoms with van der Waals surface area (Å²) in [5, 5.41) is 11.7. The zero-order valence-electron chi connectivity index (χ0n) is 16.4. The van der Waals surface area contributed by atoms with E-state index in [1.807, 2.05) is 4.57 Å². The molecule has 3 aromatic rings. The fourth-order valence-corrected chi connectivity index (χ4v) is 3.32. The molecule has 30 heavy (non-hydrogen) atoms. The molecule has 0 bridgehead atoms. The number of carbonyl (C=O) groups is 1. The quantitative estimate of drug-likeness (QED) is 0.390. The molecule has 0 saturated carbocycles. The number of anilines is 1. The zero-order chi connectivity index (χ0) is 21.3. The van der Waals surface area contributed by atoms with Gasteiger partial charge in [0.15, 0.2) is 11.0 Å². The molecule has 0 aliphatic rings. The third kappa shape index (κ3) is 5.84. The Labute approximate surface area is 177 Å². The summed E-state index contributed by atoms with van der Waals surface area (Å²) in [5.74, 6) is 1.42.